The highest BCUT2D eigenvalue weighted by Crippen LogP contribution is 2.19. The fourth-order valence-electron chi connectivity index (χ4n) is 2.81. The Balaban J connectivity index is 2.08. The minimum absolute atomic E-state index is 0.0294. The van der Waals surface area contributed by atoms with Gasteiger partial charge < -0.3 is 15.1 Å². The van der Waals surface area contributed by atoms with Crippen LogP contribution in [0.2, 0.25) is 0 Å². The maximum atomic E-state index is 11.9. The normalized spacial score (nSPS) is 31.5. The predicted molar refractivity (Wildman–Crippen MR) is 64.5 cm³/mol. The van der Waals surface area contributed by atoms with Gasteiger partial charge in [0.2, 0.25) is 11.8 Å². The van der Waals surface area contributed by atoms with Crippen molar-refractivity contribution >= 4 is 11.8 Å². The first-order valence-electron chi connectivity index (χ1n) is 6.44. The van der Waals surface area contributed by atoms with Crippen molar-refractivity contribution in [3.63, 3.8) is 0 Å². The highest BCUT2D eigenvalue weighted by atomic mass is 16.2. The van der Waals surface area contributed by atoms with Crippen molar-refractivity contribution in [2.24, 2.45) is 0 Å². The van der Waals surface area contributed by atoms with Gasteiger partial charge in [0.1, 0.15) is 6.04 Å². The van der Waals surface area contributed by atoms with Crippen molar-refractivity contribution in [3.05, 3.63) is 0 Å². The lowest BCUT2D eigenvalue weighted by molar-refractivity contribution is -0.148. The minimum atomic E-state index is -0.321. The zero-order chi connectivity index (χ0) is 12.4. The number of carbonyl (C=O) groups is 2. The van der Waals surface area contributed by atoms with Crippen LogP contribution in [-0.2, 0) is 9.59 Å². The number of hydrogen-bond donors (Lipinski definition) is 1. The number of nitrogens with one attached hydrogen (secondary N) is 1. The SMILES string of the molecule is CCN1CCCC(N2C(=O)CNC(=O)C2C)C1. The Labute approximate surface area is 102 Å². The predicted octanol–water partition coefficient (Wildman–Crippen LogP) is -0.182. The van der Waals surface area contributed by atoms with E-state index in [1.807, 2.05) is 6.92 Å². The average Bonchev–Trinajstić information content (AvgIpc) is 2.35. The first-order chi connectivity index (χ1) is 8.13. The molecule has 0 aromatic carbocycles. The van der Waals surface area contributed by atoms with Gasteiger partial charge in [-0.25, -0.2) is 0 Å². The van der Waals surface area contributed by atoms with Gasteiger partial charge in [-0.05, 0) is 32.9 Å². The number of hydrogen-bond acceptors (Lipinski definition) is 3. The average molecular weight is 239 g/mol. The Morgan fingerprint density at radius 3 is 2.88 bits per heavy atom. The summed E-state index contributed by atoms with van der Waals surface area (Å²) >= 11 is 0. The maximum absolute atomic E-state index is 11.9. The third-order valence-corrected chi connectivity index (χ3v) is 3.82. The number of likely N-dealkylation sites (N-methyl/N-ethyl adjacent to an activating group) is 1. The molecule has 0 spiro atoms. The van der Waals surface area contributed by atoms with E-state index in [0.717, 1.165) is 32.5 Å². The Hall–Kier alpha value is -1.10. The van der Waals surface area contributed by atoms with Gasteiger partial charge in [0, 0.05) is 12.6 Å². The summed E-state index contributed by atoms with van der Waals surface area (Å²) in [5.74, 6) is 0.0262. The van der Waals surface area contributed by atoms with Crippen LogP contribution in [-0.4, -0.2) is 59.9 Å². The molecule has 2 aliphatic heterocycles. The molecule has 2 aliphatic rings. The highest BCUT2D eigenvalue weighted by molar-refractivity contribution is 5.94. The molecular weight excluding hydrogens is 218 g/mol. The standard InChI is InChI=1S/C12H21N3O2/c1-3-14-6-4-5-10(8-14)15-9(2)12(17)13-7-11(15)16/h9-10H,3-8H2,1-2H3,(H,13,17). The van der Waals surface area contributed by atoms with E-state index in [-0.39, 0.29) is 30.4 Å². The van der Waals surface area contributed by atoms with E-state index in [4.69, 9.17) is 0 Å². The van der Waals surface area contributed by atoms with Gasteiger partial charge >= 0.3 is 0 Å². The number of piperazine rings is 1. The summed E-state index contributed by atoms with van der Waals surface area (Å²) in [6.07, 6.45) is 2.12. The molecule has 2 atom stereocenters. The molecule has 0 saturated carbocycles. The first-order valence-corrected chi connectivity index (χ1v) is 6.44. The maximum Gasteiger partial charge on any atom is 0.242 e. The smallest absolute Gasteiger partial charge is 0.242 e. The third kappa shape index (κ3) is 2.44. The van der Waals surface area contributed by atoms with Crippen molar-refractivity contribution in [1.82, 2.24) is 15.1 Å². The largest absolute Gasteiger partial charge is 0.345 e. The summed E-state index contributed by atoms with van der Waals surface area (Å²) in [5.41, 5.74) is 0. The summed E-state index contributed by atoms with van der Waals surface area (Å²) in [7, 11) is 0. The van der Waals surface area contributed by atoms with Crippen LogP contribution in [0.15, 0.2) is 0 Å². The Morgan fingerprint density at radius 2 is 2.18 bits per heavy atom. The number of piperidine rings is 1. The van der Waals surface area contributed by atoms with Crippen LogP contribution in [0.3, 0.4) is 0 Å². The molecule has 0 aliphatic carbocycles. The van der Waals surface area contributed by atoms with Crippen molar-refractivity contribution in [3.8, 4) is 0 Å². The molecule has 2 amide bonds. The summed E-state index contributed by atoms with van der Waals surface area (Å²) in [4.78, 5) is 27.7. The van der Waals surface area contributed by atoms with Crippen LogP contribution >= 0.6 is 0 Å². The number of rotatable bonds is 2. The van der Waals surface area contributed by atoms with Crippen LogP contribution in [0.5, 0.6) is 0 Å². The first kappa shape index (κ1) is 12.4. The molecule has 2 unspecified atom stereocenters. The third-order valence-electron chi connectivity index (χ3n) is 3.82. The molecule has 1 N–H and O–H groups in total. The summed E-state index contributed by atoms with van der Waals surface area (Å²) in [6.45, 7) is 7.13. The number of amides is 2. The Kier molecular flexibility index (Phi) is 3.66. The molecule has 2 rings (SSSR count). The van der Waals surface area contributed by atoms with Crippen LogP contribution < -0.4 is 5.32 Å². The molecule has 5 nitrogen and oxygen atoms in total. The van der Waals surface area contributed by atoms with E-state index in [1.54, 1.807) is 4.90 Å². The van der Waals surface area contributed by atoms with Crippen LogP contribution in [0, 0.1) is 0 Å². The fraction of sp³-hybridized carbons (Fsp3) is 0.833. The molecule has 0 bridgehead atoms. The second-order valence-electron chi connectivity index (χ2n) is 4.88. The summed E-state index contributed by atoms with van der Waals surface area (Å²) < 4.78 is 0. The topological polar surface area (TPSA) is 52.6 Å². The fourth-order valence-corrected chi connectivity index (χ4v) is 2.81. The van der Waals surface area contributed by atoms with Gasteiger partial charge in [-0.1, -0.05) is 6.92 Å². The van der Waals surface area contributed by atoms with Crippen molar-refractivity contribution in [2.45, 2.75) is 38.8 Å². The van der Waals surface area contributed by atoms with Gasteiger partial charge in [0.15, 0.2) is 0 Å². The lowest BCUT2D eigenvalue weighted by atomic mass is 10.0. The molecular formula is C12H21N3O2. The molecule has 0 aromatic rings. The van der Waals surface area contributed by atoms with E-state index in [1.165, 1.54) is 0 Å². The van der Waals surface area contributed by atoms with E-state index >= 15 is 0 Å². The number of likely N-dealkylation sites (tertiary alicyclic amines) is 1. The summed E-state index contributed by atoms with van der Waals surface area (Å²) in [5, 5.41) is 2.63. The van der Waals surface area contributed by atoms with E-state index in [2.05, 4.69) is 17.1 Å². The van der Waals surface area contributed by atoms with Gasteiger partial charge in [-0.2, -0.15) is 0 Å². The number of nitrogens with zero attached hydrogens (tertiary/aromatic N) is 2. The molecule has 0 radical (unpaired) electrons. The number of carbonyl (C=O) groups excluding carboxylic acids is 2. The molecule has 0 aromatic heterocycles. The molecule has 5 heteroatoms. The van der Waals surface area contributed by atoms with Gasteiger partial charge in [-0.3, -0.25) is 9.59 Å². The van der Waals surface area contributed by atoms with Crippen molar-refractivity contribution in [1.29, 1.82) is 0 Å². The lowest BCUT2D eigenvalue weighted by Crippen LogP contribution is -2.63. The molecule has 17 heavy (non-hydrogen) atoms. The monoisotopic (exact) mass is 239 g/mol. The second-order valence-corrected chi connectivity index (χ2v) is 4.88. The van der Waals surface area contributed by atoms with Crippen LogP contribution in [0.4, 0.5) is 0 Å². The lowest BCUT2D eigenvalue weighted by Gasteiger charge is -2.43. The molecule has 2 heterocycles. The zero-order valence-electron chi connectivity index (χ0n) is 10.6. The van der Waals surface area contributed by atoms with E-state index in [0.29, 0.717) is 0 Å². The van der Waals surface area contributed by atoms with Gasteiger partial charge in [0.05, 0.1) is 6.54 Å². The zero-order valence-corrected chi connectivity index (χ0v) is 10.6. The Morgan fingerprint density at radius 1 is 1.41 bits per heavy atom. The van der Waals surface area contributed by atoms with Crippen molar-refractivity contribution < 1.29 is 9.59 Å². The van der Waals surface area contributed by atoms with Crippen LogP contribution in [0.1, 0.15) is 26.7 Å². The second kappa shape index (κ2) is 5.04. The van der Waals surface area contributed by atoms with Gasteiger partial charge in [0.25, 0.3) is 0 Å². The van der Waals surface area contributed by atoms with Gasteiger partial charge in [-0.15, -0.1) is 0 Å². The quantitative estimate of drug-likeness (QED) is 0.727. The molecule has 96 valence electrons. The minimum Gasteiger partial charge on any atom is -0.345 e. The summed E-state index contributed by atoms with van der Waals surface area (Å²) in [6, 6.07) is -0.115. The molecule has 2 fully saturated rings. The van der Waals surface area contributed by atoms with Crippen LogP contribution in [0.25, 0.3) is 0 Å². The highest BCUT2D eigenvalue weighted by Gasteiger charge is 2.37. The van der Waals surface area contributed by atoms with E-state index < -0.39 is 0 Å². The van der Waals surface area contributed by atoms with E-state index in [9.17, 15) is 9.59 Å². The Bertz CT molecular complexity index is 319. The van der Waals surface area contributed by atoms with Crippen molar-refractivity contribution in [2.75, 3.05) is 26.2 Å². The molecule has 2 saturated heterocycles.